The number of likely N-dealkylation sites (N-methyl/N-ethyl adjacent to an activating group) is 1. The standard InChI is InChI=1S/C9H13ClN2O.ClH/c1-12-4-2-3-8(7-12)6-11-9(13)5-10;/h2-3,7H,4-6H2,1H3,(H,11,13);1H. The summed E-state index contributed by atoms with van der Waals surface area (Å²) in [4.78, 5) is 12.9. The molecule has 1 amide bonds. The van der Waals surface area contributed by atoms with Crippen LogP contribution in [0.5, 0.6) is 0 Å². The van der Waals surface area contributed by atoms with E-state index >= 15 is 0 Å². The van der Waals surface area contributed by atoms with Gasteiger partial charge in [-0.15, -0.1) is 24.0 Å². The second-order valence-electron chi connectivity index (χ2n) is 2.96. The van der Waals surface area contributed by atoms with E-state index in [1.54, 1.807) is 0 Å². The van der Waals surface area contributed by atoms with Crippen LogP contribution in [0, 0.1) is 0 Å². The van der Waals surface area contributed by atoms with Crippen molar-refractivity contribution < 1.29 is 4.79 Å². The van der Waals surface area contributed by atoms with Crippen molar-refractivity contribution in [2.75, 3.05) is 26.0 Å². The molecule has 80 valence electrons. The first kappa shape index (κ1) is 13.3. The molecule has 0 saturated heterocycles. The van der Waals surface area contributed by atoms with Gasteiger partial charge in [0.1, 0.15) is 5.88 Å². The average molecular weight is 237 g/mol. The molecule has 0 atom stereocenters. The summed E-state index contributed by atoms with van der Waals surface area (Å²) >= 11 is 5.34. The molecule has 0 spiro atoms. The lowest BCUT2D eigenvalue weighted by atomic mass is 10.2. The first-order valence-corrected chi connectivity index (χ1v) is 4.66. The van der Waals surface area contributed by atoms with E-state index in [-0.39, 0.29) is 24.2 Å². The number of hydrogen-bond acceptors (Lipinski definition) is 2. The summed E-state index contributed by atoms with van der Waals surface area (Å²) in [5.41, 5.74) is 1.09. The first-order valence-electron chi connectivity index (χ1n) is 4.12. The highest BCUT2D eigenvalue weighted by atomic mass is 35.5. The van der Waals surface area contributed by atoms with Crippen LogP contribution in [0.4, 0.5) is 0 Å². The lowest BCUT2D eigenvalue weighted by molar-refractivity contribution is -0.118. The molecular weight excluding hydrogens is 223 g/mol. The summed E-state index contributed by atoms with van der Waals surface area (Å²) in [6.07, 6.45) is 6.07. The largest absolute Gasteiger partial charge is 0.376 e. The van der Waals surface area contributed by atoms with E-state index in [0.717, 1.165) is 12.1 Å². The van der Waals surface area contributed by atoms with Crippen LogP contribution < -0.4 is 5.32 Å². The zero-order valence-electron chi connectivity index (χ0n) is 8.00. The van der Waals surface area contributed by atoms with Crippen LogP contribution in [0.2, 0.25) is 0 Å². The number of rotatable bonds is 3. The first-order chi connectivity index (χ1) is 6.22. The summed E-state index contributed by atoms with van der Waals surface area (Å²) in [6, 6.07) is 0. The second kappa shape index (κ2) is 6.74. The zero-order chi connectivity index (χ0) is 9.68. The molecule has 1 N–H and O–H groups in total. The van der Waals surface area contributed by atoms with E-state index in [0.29, 0.717) is 6.54 Å². The number of halogens is 2. The topological polar surface area (TPSA) is 32.3 Å². The molecule has 1 heterocycles. The number of amides is 1. The molecule has 5 heteroatoms. The van der Waals surface area contributed by atoms with E-state index in [1.807, 2.05) is 19.3 Å². The van der Waals surface area contributed by atoms with Crippen molar-refractivity contribution in [3.63, 3.8) is 0 Å². The molecule has 0 fully saturated rings. The minimum absolute atomic E-state index is 0. The molecule has 0 aromatic rings. The zero-order valence-corrected chi connectivity index (χ0v) is 9.57. The molecule has 0 aromatic heterocycles. The Kier molecular flexibility index (Phi) is 6.41. The fourth-order valence-electron chi connectivity index (χ4n) is 1.10. The van der Waals surface area contributed by atoms with Crippen molar-refractivity contribution in [3.8, 4) is 0 Å². The lowest BCUT2D eigenvalue weighted by Gasteiger charge is -2.17. The maximum Gasteiger partial charge on any atom is 0.235 e. The molecule has 1 aliphatic rings. The van der Waals surface area contributed by atoms with Gasteiger partial charge in [0.15, 0.2) is 0 Å². The number of carbonyl (C=O) groups excluding carboxylic acids is 1. The van der Waals surface area contributed by atoms with Gasteiger partial charge in [-0.2, -0.15) is 0 Å². The van der Waals surface area contributed by atoms with E-state index in [4.69, 9.17) is 11.6 Å². The smallest absolute Gasteiger partial charge is 0.235 e. The molecule has 0 unspecified atom stereocenters. The number of nitrogens with zero attached hydrogens (tertiary/aromatic N) is 1. The third-order valence-electron chi connectivity index (χ3n) is 1.72. The predicted octanol–water partition coefficient (Wildman–Crippen LogP) is 1.15. The molecule has 3 nitrogen and oxygen atoms in total. The highest BCUT2D eigenvalue weighted by Gasteiger charge is 2.02. The van der Waals surface area contributed by atoms with Gasteiger partial charge in [-0.1, -0.05) is 12.2 Å². The van der Waals surface area contributed by atoms with Crippen molar-refractivity contribution in [1.82, 2.24) is 10.2 Å². The van der Waals surface area contributed by atoms with Gasteiger partial charge in [-0.25, -0.2) is 0 Å². The van der Waals surface area contributed by atoms with Gasteiger partial charge in [-0.05, 0) is 5.57 Å². The van der Waals surface area contributed by atoms with E-state index in [2.05, 4.69) is 16.3 Å². The fourth-order valence-corrected chi connectivity index (χ4v) is 1.20. The van der Waals surface area contributed by atoms with Crippen LogP contribution in [0.25, 0.3) is 0 Å². The SMILES string of the molecule is CN1C=C(CNC(=O)CCl)C=CC1.Cl. The fraction of sp³-hybridized carbons (Fsp3) is 0.444. The number of carbonyl (C=O) groups is 1. The molecule has 14 heavy (non-hydrogen) atoms. The van der Waals surface area contributed by atoms with Crippen LogP contribution in [0.1, 0.15) is 0 Å². The highest BCUT2D eigenvalue weighted by molar-refractivity contribution is 6.27. The summed E-state index contributed by atoms with van der Waals surface area (Å²) in [7, 11) is 1.99. The summed E-state index contributed by atoms with van der Waals surface area (Å²) in [5.74, 6) is -0.114. The number of nitrogens with one attached hydrogen (secondary N) is 1. The third kappa shape index (κ3) is 4.53. The molecule has 1 rings (SSSR count). The Morgan fingerprint density at radius 1 is 1.71 bits per heavy atom. The Morgan fingerprint density at radius 3 is 3.00 bits per heavy atom. The molecule has 0 aliphatic carbocycles. The van der Waals surface area contributed by atoms with Crippen LogP contribution in [-0.4, -0.2) is 36.8 Å². The van der Waals surface area contributed by atoms with Gasteiger partial charge in [-0.3, -0.25) is 4.79 Å². The average Bonchev–Trinajstić information content (AvgIpc) is 2.14. The van der Waals surface area contributed by atoms with Gasteiger partial charge in [0.2, 0.25) is 5.91 Å². The van der Waals surface area contributed by atoms with Crippen molar-refractivity contribution in [2.24, 2.45) is 0 Å². The van der Waals surface area contributed by atoms with Crippen LogP contribution in [0.15, 0.2) is 23.9 Å². The third-order valence-corrected chi connectivity index (χ3v) is 1.97. The lowest BCUT2D eigenvalue weighted by Crippen LogP contribution is -2.27. The summed E-state index contributed by atoms with van der Waals surface area (Å²) in [5, 5.41) is 2.71. The van der Waals surface area contributed by atoms with Gasteiger partial charge in [0, 0.05) is 26.3 Å². The Balaban J connectivity index is 0.00000169. The molecule has 0 saturated carbocycles. The van der Waals surface area contributed by atoms with Crippen molar-refractivity contribution >= 4 is 29.9 Å². The molecule has 0 aromatic carbocycles. The van der Waals surface area contributed by atoms with Crippen molar-refractivity contribution in [1.29, 1.82) is 0 Å². The van der Waals surface area contributed by atoms with Crippen molar-refractivity contribution in [3.05, 3.63) is 23.9 Å². The molecule has 1 aliphatic heterocycles. The number of alkyl halides is 1. The van der Waals surface area contributed by atoms with E-state index in [1.165, 1.54) is 0 Å². The van der Waals surface area contributed by atoms with Gasteiger partial charge in [0.25, 0.3) is 0 Å². The number of hydrogen-bond donors (Lipinski definition) is 1. The Morgan fingerprint density at radius 2 is 2.43 bits per heavy atom. The maximum absolute atomic E-state index is 10.8. The minimum Gasteiger partial charge on any atom is -0.376 e. The Labute approximate surface area is 95.2 Å². The Hall–Kier alpha value is -0.670. The van der Waals surface area contributed by atoms with E-state index < -0.39 is 0 Å². The predicted molar refractivity (Wildman–Crippen MR) is 60.8 cm³/mol. The van der Waals surface area contributed by atoms with Gasteiger partial charge >= 0.3 is 0 Å². The van der Waals surface area contributed by atoms with E-state index in [9.17, 15) is 4.79 Å². The molecule has 0 radical (unpaired) electrons. The summed E-state index contributed by atoms with van der Waals surface area (Å²) in [6.45, 7) is 1.47. The minimum atomic E-state index is -0.135. The van der Waals surface area contributed by atoms with Crippen LogP contribution in [0.3, 0.4) is 0 Å². The highest BCUT2D eigenvalue weighted by Crippen LogP contribution is 2.03. The monoisotopic (exact) mass is 236 g/mol. The second-order valence-corrected chi connectivity index (χ2v) is 3.22. The molecular formula is C9H14Cl2N2O. The quantitative estimate of drug-likeness (QED) is 0.747. The Bertz CT molecular complexity index is 251. The van der Waals surface area contributed by atoms with Crippen LogP contribution in [-0.2, 0) is 4.79 Å². The molecule has 0 bridgehead atoms. The van der Waals surface area contributed by atoms with Crippen molar-refractivity contribution in [2.45, 2.75) is 0 Å². The van der Waals surface area contributed by atoms with Crippen LogP contribution >= 0.6 is 24.0 Å². The maximum atomic E-state index is 10.8. The van der Waals surface area contributed by atoms with Gasteiger partial charge < -0.3 is 10.2 Å². The normalized spacial score (nSPS) is 14.4. The van der Waals surface area contributed by atoms with Gasteiger partial charge in [0.05, 0.1) is 0 Å². The summed E-state index contributed by atoms with van der Waals surface area (Å²) < 4.78 is 0.